The van der Waals surface area contributed by atoms with E-state index in [0.717, 1.165) is 13.1 Å². The molecule has 0 saturated heterocycles. The highest BCUT2D eigenvalue weighted by atomic mass is 15.3. The Morgan fingerprint density at radius 1 is 1.40 bits per heavy atom. The van der Waals surface area contributed by atoms with Crippen molar-refractivity contribution in [2.24, 2.45) is 18.7 Å². The number of hydrogen-bond donors (Lipinski definition) is 1. The molecular weight excluding hydrogens is 248 g/mol. The average molecular weight is 278 g/mol. The van der Waals surface area contributed by atoms with Gasteiger partial charge < -0.3 is 5.73 Å². The Bertz CT molecular complexity index is 452. The van der Waals surface area contributed by atoms with Gasteiger partial charge in [-0.3, -0.25) is 9.58 Å². The molecule has 1 fully saturated rings. The molecule has 0 radical (unpaired) electrons. The maximum atomic E-state index is 5.98. The normalized spacial score (nSPS) is 24.6. The molecule has 1 aliphatic rings. The van der Waals surface area contributed by atoms with Crippen LogP contribution in [0.4, 0.5) is 0 Å². The Kier molecular flexibility index (Phi) is 4.86. The van der Waals surface area contributed by atoms with Crippen molar-refractivity contribution in [3.8, 4) is 0 Å². The Morgan fingerprint density at radius 3 is 2.60 bits per heavy atom. The van der Waals surface area contributed by atoms with Crippen LogP contribution in [0.25, 0.3) is 0 Å². The predicted molar refractivity (Wildman–Crippen MR) is 83.7 cm³/mol. The molecule has 2 N–H and O–H groups in total. The van der Waals surface area contributed by atoms with Crippen LogP contribution in [0, 0.1) is 19.8 Å². The van der Waals surface area contributed by atoms with E-state index in [9.17, 15) is 0 Å². The van der Waals surface area contributed by atoms with Crippen molar-refractivity contribution in [3.05, 3.63) is 17.0 Å². The molecule has 20 heavy (non-hydrogen) atoms. The van der Waals surface area contributed by atoms with Crippen LogP contribution in [-0.4, -0.2) is 33.8 Å². The first-order valence-electron chi connectivity index (χ1n) is 7.97. The highest BCUT2D eigenvalue weighted by molar-refractivity contribution is 5.28. The fourth-order valence-corrected chi connectivity index (χ4v) is 4.08. The standard InChI is InChI=1S/C16H30N4/c1-6-20(15-9-7-8-14(15)10-17)13(4)16-11(2)18-19(5)12(16)3/h13-15H,6-10,17H2,1-5H3. The largest absolute Gasteiger partial charge is 0.330 e. The van der Waals surface area contributed by atoms with Gasteiger partial charge in [0.05, 0.1) is 5.69 Å². The quantitative estimate of drug-likeness (QED) is 0.900. The molecule has 1 aromatic rings. The number of nitrogens with zero attached hydrogens (tertiary/aromatic N) is 3. The lowest BCUT2D eigenvalue weighted by Gasteiger charge is -2.37. The lowest BCUT2D eigenvalue weighted by Crippen LogP contribution is -2.42. The van der Waals surface area contributed by atoms with Crippen LogP contribution in [0.5, 0.6) is 0 Å². The smallest absolute Gasteiger partial charge is 0.0644 e. The Morgan fingerprint density at radius 2 is 2.10 bits per heavy atom. The molecule has 0 aliphatic heterocycles. The van der Waals surface area contributed by atoms with Crippen molar-refractivity contribution in [2.75, 3.05) is 13.1 Å². The summed E-state index contributed by atoms with van der Waals surface area (Å²) in [6.07, 6.45) is 3.90. The van der Waals surface area contributed by atoms with Crippen LogP contribution in [0.15, 0.2) is 0 Å². The van der Waals surface area contributed by atoms with Crippen molar-refractivity contribution in [3.63, 3.8) is 0 Å². The molecule has 1 heterocycles. The molecule has 4 heteroatoms. The summed E-state index contributed by atoms with van der Waals surface area (Å²) in [6.45, 7) is 10.8. The first-order valence-corrected chi connectivity index (χ1v) is 7.97. The molecule has 1 aromatic heterocycles. The first-order chi connectivity index (χ1) is 9.51. The van der Waals surface area contributed by atoms with E-state index in [2.05, 4.69) is 37.7 Å². The second-order valence-corrected chi connectivity index (χ2v) is 6.21. The van der Waals surface area contributed by atoms with Crippen LogP contribution in [0.1, 0.15) is 56.1 Å². The number of nitrogens with two attached hydrogens (primary N) is 1. The summed E-state index contributed by atoms with van der Waals surface area (Å²) in [4.78, 5) is 2.64. The summed E-state index contributed by atoms with van der Waals surface area (Å²) in [6, 6.07) is 1.06. The van der Waals surface area contributed by atoms with Gasteiger partial charge in [-0.2, -0.15) is 5.10 Å². The van der Waals surface area contributed by atoms with E-state index in [1.165, 1.54) is 36.2 Å². The third-order valence-electron chi connectivity index (χ3n) is 5.19. The Balaban J connectivity index is 2.27. The molecule has 0 aromatic carbocycles. The summed E-state index contributed by atoms with van der Waals surface area (Å²) in [5.74, 6) is 0.662. The van der Waals surface area contributed by atoms with E-state index in [4.69, 9.17) is 5.73 Å². The lowest BCUT2D eigenvalue weighted by atomic mass is 9.97. The van der Waals surface area contributed by atoms with Gasteiger partial charge in [-0.1, -0.05) is 13.3 Å². The third-order valence-corrected chi connectivity index (χ3v) is 5.19. The van der Waals surface area contributed by atoms with Crippen LogP contribution in [-0.2, 0) is 7.05 Å². The molecule has 0 bridgehead atoms. The zero-order valence-corrected chi connectivity index (χ0v) is 13.7. The lowest BCUT2D eigenvalue weighted by molar-refractivity contribution is 0.122. The monoisotopic (exact) mass is 278 g/mol. The maximum Gasteiger partial charge on any atom is 0.0644 e. The molecular formula is C16H30N4. The summed E-state index contributed by atoms with van der Waals surface area (Å²) >= 11 is 0. The second kappa shape index (κ2) is 6.27. The van der Waals surface area contributed by atoms with Crippen LogP contribution in [0.3, 0.4) is 0 Å². The number of aryl methyl sites for hydroxylation is 2. The van der Waals surface area contributed by atoms with E-state index in [0.29, 0.717) is 18.0 Å². The van der Waals surface area contributed by atoms with Crippen molar-refractivity contribution < 1.29 is 0 Å². The third kappa shape index (κ3) is 2.63. The average Bonchev–Trinajstić information content (AvgIpc) is 2.96. The minimum absolute atomic E-state index is 0.422. The van der Waals surface area contributed by atoms with Crippen molar-refractivity contribution >= 4 is 0 Å². The first kappa shape index (κ1) is 15.5. The second-order valence-electron chi connectivity index (χ2n) is 6.21. The summed E-state index contributed by atoms with van der Waals surface area (Å²) in [5.41, 5.74) is 9.83. The van der Waals surface area contributed by atoms with E-state index in [1.807, 2.05) is 11.7 Å². The van der Waals surface area contributed by atoms with Crippen molar-refractivity contribution in [1.29, 1.82) is 0 Å². The predicted octanol–water partition coefficient (Wildman–Crippen LogP) is 2.55. The van der Waals surface area contributed by atoms with Crippen LogP contribution < -0.4 is 5.73 Å². The van der Waals surface area contributed by atoms with Gasteiger partial charge in [0.1, 0.15) is 0 Å². The number of hydrogen-bond acceptors (Lipinski definition) is 3. The SMILES string of the molecule is CCN(C(C)c1c(C)nn(C)c1C)C1CCCC1CN. The minimum Gasteiger partial charge on any atom is -0.330 e. The highest BCUT2D eigenvalue weighted by Crippen LogP contribution is 2.35. The van der Waals surface area contributed by atoms with Gasteiger partial charge in [-0.25, -0.2) is 0 Å². The number of rotatable bonds is 5. The molecule has 4 nitrogen and oxygen atoms in total. The minimum atomic E-state index is 0.422. The van der Waals surface area contributed by atoms with Crippen LogP contribution >= 0.6 is 0 Å². The topological polar surface area (TPSA) is 47.1 Å². The van der Waals surface area contributed by atoms with E-state index in [-0.39, 0.29) is 0 Å². The highest BCUT2D eigenvalue weighted by Gasteiger charge is 2.34. The van der Waals surface area contributed by atoms with Gasteiger partial charge >= 0.3 is 0 Å². The van der Waals surface area contributed by atoms with Crippen molar-refractivity contribution in [1.82, 2.24) is 14.7 Å². The molecule has 1 saturated carbocycles. The van der Waals surface area contributed by atoms with Gasteiger partial charge in [0.15, 0.2) is 0 Å². The van der Waals surface area contributed by atoms with Gasteiger partial charge in [0, 0.05) is 30.4 Å². The maximum absolute atomic E-state index is 5.98. The molecule has 0 spiro atoms. The molecule has 3 unspecified atom stereocenters. The fourth-order valence-electron chi connectivity index (χ4n) is 4.08. The zero-order valence-electron chi connectivity index (χ0n) is 13.7. The van der Waals surface area contributed by atoms with E-state index < -0.39 is 0 Å². The summed E-state index contributed by atoms with van der Waals surface area (Å²) in [7, 11) is 2.03. The zero-order chi connectivity index (χ0) is 14.9. The molecule has 114 valence electrons. The van der Waals surface area contributed by atoms with E-state index >= 15 is 0 Å². The van der Waals surface area contributed by atoms with Gasteiger partial charge in [-0.05, 0) is 52.6 Å². The summed E-state index contributed by atoms with van der Waals surface area (Å²) in [5, 5.41) is 4.58. The van der Waals surface area contributed by atoms with Gasteiger partial charge in [0.2, 0.25) is 0 Å². The summed E-state index contributed by atoms with van der Waals surface area (Å²) < 4.78 is 2.00. The Hall–Kier alpha value is -0.870. The van der Waals surface area contributed by atoms with Gasteiger partial charge in [-0.15, -0.1) is 0 Å². The fraction of sp³-hybridized carbons (Fsp3) is 0.812. The molecule has 3 atom stereocenters. The van der Waals surface area contributed by atoms with Gasteiger partial charge in [0.25, 0.3) is 0 Å². The molecule has 2 rings (SSSR count). The molecule has 0 amide bonds. The van der Waals surface area contributed by atoms with Crippen molar-refractivity contribution in [2.45, 2.75) is 59.0 Å². The Labute approximate surface area is 123 Å². The van der Waals surface area contributed by atoms with E-state index in [1.54, 1.807) is 0 Å². The van der Waals surface area contributed by atoms with Crippen LogP contribution in [0.2, 0.25) is 0 Å². The molecule has 1 aliphatic carbocycles. The number of aromatic nitrogens is 2.